The fraction of sp³-hybridized carbons (Fsp3) is 0.222. The molecule has 2 aromatic rings. The van der Waals surface area contributed by atoms with Crippen LogP contribution in [0.2, 0.25) is 0 Å². The second-order valence-electron chi connectivity index (χ2n) is 5.14. The van der Waals surface area contributed by atoms with Gasteiger partial charge in [0.15, 0.2) is 5.78 Å². The summed E-state index contributed by atoms with van der Waals surface area (Å²) in [5, 5.41) is 12.2. The third kappa shape index (κ3) is 3.32. The maximum Gasteiger partial charge on any atom is 0.336 e. The Balaban J connectivity index is 2.51. The number of carbonyl (C=O) groups excluding carboxylic acids is 1. The van der Waals surface area contributed by atoms with Gasteiger partial charge in [-0.2, -0.15) is 0 Å². The lowest BCUT2D eigenvalue weighted by Gasteiger charge is -2.21. The van der Waals surface area contributed by atoms with Crippen molar-refractivity contribution in [3.05, 3.63) is 64.1 Å². The van der Waals surface area contributed by atoms with Crippen molar-refractivity contribution in [3.8, 4) is 0 Å². The Bertz CT molecular complexity index is 782. The van der Waals surface area contributed by atoms with Gasteiger partial charge in [-0.1, -0.05) is 18.2 Å². The third-order valence-electron chi connectivity index (χ3n) is 3.85. The standard InChI is InChI=1S/C18H18N2O4/c1-3-20(4-2)12-9-10-15(16(11-12)19-24)17(21)13-7-5-6-8-14(13)18(22)23/h5-11H,3-4H2,1-2H3,(H,22,23). The Hall–Kier alpha value is -3.02. The molecule has 0 unspecified atom stereocenters. The van der Waals surface area contributed by atoms with Gasteiger partial charge in [0, 0.05) is 24.3 Å². The highest BCUT2D eigenvalue weighted by Crippen LogP contribution is 2.28. The summed E-state index contributed by atoms with van der Waals surface area (Å²) in [6, 6.07) is 10.7. The minimum atomic E-state index is -1.20. The van der Waals surface area contributed by atoms with E-state index in [1.807, 2.05) is 18.7 Å². The van der Waals surface area contributed by atoms with Crippen LogP contribution in [0.3, 0.4) is 0 Å². The van der Waals surface area contributed by atoms with E-state index in [-0.39, 0.29) is 22.4 Å². The molecule has 6 nitrogen and oxygen atoms in total. The first-order valence-electron chi connectivity index (χ1n) is 7.62. The summed E-state index contributed by atoms with van der Waals surface area (Å²) >= 11 is 0. The largest absolute Gasteiger partial charge is 0.478 e. The molecule has 0 saturated heterocycles. The van der Waals surface area contributed by atoms with Crippen molar-refractivity contribution in [2.75, 3.05) is 18.0 Å². The smallest absolute Gasteiger partial charge is 0.336 e. The second kappa shape index (κ2) is 7.50. The van der Waals surface area contributed by atoms with Gasteiger partial charge in [0.2, 0.25) is 0 Å². The number of benzene rings is 2. The molecular weight excluding hydrogens is 308 g/mol. The van der Waals surface area contributed by atoms with E-state index in [4.69, 9.17) is 0 Å². The molecule has 2 rings (SSSR count). The molecule has 124 valence electrons. The van der Waals surface area contributed by atoms with E-state index in [0.29, 0.717) is 0 Å². The van der Waals surface area contributed by atoms with Gasteiger partial charge in [-0.3, -0.25) is 4.79 Å². The fourth-order valence-corrected chi connectivity index (χ4v) is 2.59. The van der Waals surface area contributed by atoms with Crippen LogP contribution >= 0.6 is 0 Å². The van der Waals surface area contributed by atoms with Crippen molar-refractivity contribution in [3.63, 3.8) is 0 Å². The molecule has 0 aromatic heterocycles. The number of aromatic carboxylic acids is 1. The van der Waals surface area contributed by atoms with Crippen LogP contribution < -0.4 is 4.90 Å². The maximum absolute atomic E-state index is 12.7. The summed E-state index contributed by atoms with van der Waals surface area (Å²) in [4.78, 5) is 37.2. The third-order valence-corrected chi connectivity index (χ3v) is 3.85. The van der Waals surface area contributed by atoms with E-state index in [1.54, 1.807) is 24.3 Å². The highest BCUT2D eigenvalue weighted by atomic mass is 16.4. The summed E-state index contributed by atoms with van der Waals surface area (Å²) in [6.07, 6.45) is 0. The molecule has 6 heteroatoms. The normalized spacial score (nSPS) is 10.2. The first-order chi connectivity index (χ1) is 11.5. The maximum atomic E-state index is 12.7. The molecule has 0 saturated carbocycles. The molecule has 0 aliphatic rings. The van der Waals surface area contributed by atoms with Crippen molar-refractivity contribution in [1.82, 2.24) is 0 Å². The van der Waals surface area contributed by atoms with Gasteiger partial charge in [0.25, 0.3) is 0 Å². The van der Waals surface area contributed by atoms with Crippen LogP contribution in [-0.4, -0.2) is 29.9 Å². The van der Waals surface area contributed by atoms with E-state index in [2.05, 4.69) is 5.18 Å². The molecule has 0 atom stereocenters. The zero-order valence-corrected chi connectivity index (χ0v) is 13.5. The minimum absolute atomic E-state index is 0.00425. The zero-order valence-electron chi connectivity index (χ0n) is 13.5. The molecule has 1 N–H and O–H groups in total. The Morgan fingerprint density at radius 2 is 1.62 bits per heavy atom. The van der Waals surface area contributed by atoms with Crippen molar-refractivity contribution in [2.24, 2.45) is 5.18 Å². The van der Waals surface area contributed by atoms with Gasteiger partial charge in [0.05, 0.1) is 11.1 Å². The number of ketones is 1. The van der Waals surface area contributed by atoms with E-state index in [9.17, 15) is 19.6 Å². The topological polar surface area (TPSA) is 87.0 Å². The van der Waals surface area contributed by atoms with E-state index in [1.165, 1.54) is 18.2 Å². The van der Waals surface area contributed by atoms with E-state index in [0.717, 1.165) is 18.8 Å². The Morgan fingerprint density at radius 1 is 1.00 bits per heavy atom. The Morgan fingerprint density at radius 3 is 2.17 bits per heavy atom. The van der Waals surface area contributed by atoms with E-state index < -0.39 is 11.8 Å². The van der Waals surface area contributed by atoms with Crippen LogP contribution in [0.15, 0.2) is 47.6 Å². The number of carbonyl (C=O) groups is 2. The molecule has 0 spiro atoms. The average Bonchev–Trinajstić information content (AvgIpc) is 2.62. The van der Waals surface area contributed by atoms with E-state index >= 15 is 0 Å². The van der Waals surface area contributed by atoms with Gasteiger partial charge >= 0.3 is 5.97 Å². The van der Waals surface area contributed by atoms with Gasteiger partial charge in [0.1, 0.15) is 5.69 Å². The van der Waals surface area contributed by atoms with Crippen LogP contribution in [-0.2, 0) is 0 Å². The molecule has 24 heavy (non-hydrogen) atoms. The lowest BCUT2D eigenvalue weighted by atomic mass is 9.97. The summed E-state index contributed by atoms with van der Waals surface area (Å²) in [5.74, 6) is -1.73. The fourth-order valence-electron chi connectivity index (χ4n) is 2.59. The molecule has 0 amide bonds. The quantitative estimate of drug-likeness (QED) is 0.616. The average molecular weight is 326 g/mol. The van der Waals surface area contributed by atoms with Gasteiger partial charge in [-0.25, -0.2) is 4.79 Å². The summed E-state index contributed by atoms with van der Waals surface area (Å²) in [7, 11) is 0. The van der Waals surface area contributed by atoms with Crippen molar-refractivity contribution in [1.29, 1.82) is 0 Å². The highest BCUT2D eigenvalue weighted by molar-refractivity contribution is 6.16. The van der Waals surface area contributed by atoms with Crippen LogP contribution in [0.5, 0.6) is 0 Å². The summed E-state index contributed by atoms with van der Waals surface area (Å²) in [6.45, 7) is 5.48. The number of carboxylic acid groups (broad SMARTS) is 1. The predicted octanol–water partition coefficient (Wildman–Crippen LogP) is 3.86. The Labute approximate surface area is 139 Å². The molecule has 0 heterocycles. The second-order valence-corrected chi connectivity index (χ2v) is 5.14. The summed E-state index contributed by atoms with van der Waals surface area (Å²) in [5.41, 5.74) is 0.814. The van der Waals surface area contributed by atoms with Crippen LogP contribution in [0.25, 0.3) is 0 Å². The predicted molar refractivity (Wildman–Crippen MR) is 92.3 cm³/mol. The van der Waals surface area contributed by atoms with Crippen LogP contribution in [0.1, 0.15) is 40.1 Å². The van der Waals surface area contributed by atoms with Crippen molar-refractivity contribution >= 4 is 23.1 Å². The molecule has 0 radical (unpaired) electrons. The minimum Gasteiger partial charge on any atom is -0.478 e. The van der Waals surface area contributed by atoms with Gasteiger partial charge in [-0.05, 0) is 43.3 Å². The number of anilines is 1. The molecule has 0 bridgehead atoms. The number of rotatable bonds is 7. The van der Waals surface area contributed by atoms with Crippen LogP contribution in [0, 0.1) is 4.91 Å². The summed E-state index contributed by atoms with van der Waals surface area (Å²) < 4.78 is 0. The highest BCUT2D eigenvalue weighted by Gasteiger charge is 2.21. The number of hydrogen-bond donors (Lipinski definition) is 1. The molecular formula is C18H18N2O4. The number of nitrogens with zero attached hydrogens (tertiary/aromatic N) is 2. The molecule has 0 aliphatic carbocycles. The molecule has 2 aromatic carbocycles. The zero-order chi connectivity index (χ0) is 17.7. The van der Waals surface area contributed by atoms with Crippen molar-refractivity contribution in [2.45, 2.75) is 13.8 Å². The van der Waals surface area contributed by atoms with Gasteiger partial charge < -0.3 is 10.0 Å². The lowest BCUT2D eigenvalue weighted by molar-refractivity contribution is 0.0693. The Kier molecular flexibility index (Phi) is 5.42. The number of carboxylic acids is 1. The number of hydrogen-bond acceptors (Lipinski definition) is 5. The monoisotopic (exact) mass is 326 g/mol. The SMILES string of the molecule is CCN(CC)c1ccc(C(=O)c2ccccc2C(=O)O)c(N=O)c1. The first-order valence-corrected chi connectivity index (χ1v) is 7.62. The first kappa shape index (κ1) is 17.3. The molecule has 0 fully saturated rings. The van der Waals surface area contributed by atoms with Crippen LogP contribution in [0.4, 0.5) is 11.4 Å². The lowest BCUT2D eigenvalue weighted by Crippen LogP contribution is -2.21. The molecule has 0 aliphatic heterocycles. The van der Waals surface area contributed by atoms with Gasteiger partial charge in [-0.15, -0.1) is 4.91 Å². The van der Waals surface area contributed by atoms with Crippen molar-refractivity contribution < 1.29 is 14.7 Å². The number of nitroso groups, excluding NO2 is 1.